The van der Waals surface area contributed by atoms with Gasteiger partial charge in [0.25, 0.3) is 0 Å². The Morgan fingerprint density at radius 2 is 1.70 bits per heavy atom. The van der Waals surface area contributed by atoms with Crippen molar-refractivity contribution in [1.29, 1.82) is 0 Å². The highest BCUT2D eigenvalue weighted by atomic mass is 16.2. The first-order valence-corrected chi connectivity index (χ1v) is 10.8. The molecular weight excluding hydrogens is 414 g/mol. The molecule has 3 N–H and O–H groups in total. The van der Waals surface area contributed by atoms with Crippen molar-refractivity contribution < 1.29 is 4.98 Å². The van der Waals surface area contributed by atoms with E-state index in [1.165, 1.54) is 9.08 Å². The van der Waals surface area contributed by atoms with E-state index in [9.17, 15) is 4.79 Å². The van der Waals surface area contributed by atoms with E-state index in [1.54, 1.807) is 6.20 Å². The standard InChI is InChI=1S/C25H23N7O/c1-16-14-19(15-17(2)28-16)21-22(18-8-4-3-5-9-18)29-24(26)32-23(21)30-31(25(32)33)13-11-20-10-6-7-12-27-20/h3-10,12,14-15H,11,13H2,1-2H3,(H2,26,29)/p+1. The van der Waals surface area contributed by atoms with Crippen LogP contribution < -0.4 is 16.4 Å². The van der Waals surface area contributed by atoms with E-state index in [4.69, 9.17) is 10.8 Å². The van der Waals surface area contributed by atoms with Gasteiger partial charge in [-0.15, -0.1) is 9.50 Å². The summed E-state index contributed by atoms with van der Waals surface area (Å²) >= 11 is 0. The summed E-state index contributed by atoms with van der Waals surface area (Å²) in [5.74, 6) is 0.226. The van der Waals surface area contributed by atoms with E-state index in [0.717, 1.165) is 39.5 Å². The fourth-order valence-corrected chi connectivity index (χ4v) is 4.13. The fraction of sp³-hybridized carbons (Fsp3) is 0.160. The second-order valence-electron chi connectivity index (χ2n) is 8.00. The summed E-state index contributed by atoms with van der Waals surface area (Å²) in [4.78, 5) is 25.4. The Balaban J connectivity index is 1.75. The highest BCUT2D eigenvalue weighted by Crippen LogP contribution is 2.32. The molecule has 5 aromatic rings. The van der Waals surface area contributed by atoms with Gasteiger partial charge in [-0.1, -0.05) is 36.4 Å². The fourth-order valence-electron chi connectivity index (χ4n) is 4.13. The highest BCUT2D eigenvalue weighted by Gasteiger charge is 2.25. The van der Waals surface area contributed by atoms with Crippen LogP contribution in [0.1, 0.15) is 17.1 Å². The molecule has 0 amide bonds. The predicted molar refractivity (Wildman–Crippen MR) is 127 cm³/mol. The first kappa shape index (κ1) is 20.6. The molecule has 0 spiro atoms. The number of fused-ring (bicyclic) bond motifs is 1. The number of aryl methyl sites for hydroxylation is 4. The molecule has 33 heavy (non-hydrogen) atoms. The number of hydrogen-bond donors (Lipinski definition) is 1. The lowest BCUT2D eigenvalue weighted by atomic mass is 9.99. The maximum atomic E-state index is 13.3. The summed E-state index contributed by atoms with van der Waals surface area (Å²) in [6.07, 6.45) is 2.33. The molecule has 0 bridgehead atoms. The molecule has 8 heteroatoms. The molecule has 0 unspecified atom stereocenters. The van der Waals surface area contributed by atoms with Crippen molar-refractivity contribution in [3.05, 3.63) is 94.4 Å². The number of aromatic amines is 1. The first-order chi connectivity index (χ1) is 16.0. The molecule has 0 fully saturated rings. The average molecular weight is 439 g/mol. The molecule has 8 nitrogen and oxygen atoms in total. The second-order valence-corrected chi connectivity index (χ2v) is 8.00. The smallest absolute Gasteiger partial charge is 0.290 e. The molecule has 0 radical (unpaired) electrons. The van der Waals surface area contributed by atoms with Gasteiger partial charge in [0.05, 0.1) is 12.1 Å². The predicted octanol–water partition coefficient (Wildman–Crippen LogP) is 2.88. The number of nitrogens with one attached hydrogen (secondary N) is 1. The van der Waals surface area contributed by atoms with Gasteiger partial charge in [0.2, 0.25) is 5.65 Å². The number of aromatic nitrogens is 6. The summed E-state index contributed by atoms with van der Waals surface area (Å²) in [7, 11) is 0. The molecule has 0 saturated carbocycles. The molecule has 5 rings (SSSR count). The highest BCUT2D eigenvalue weighted by molar-refractivity contribution is 5.88. The number of pyridine rings is 2. The maximum absolute atomic E-state index is 13.3. The topological polar surface area (TPSA) is 105 Å². The lowest BCUT2D eigenvalue weighted by Crippen LogP contribution is -2.28. The van der Waals surface area contributed by atoms with Gasteiger partial charge in [-0.3, -0.25) is 15.7 Å². The number of anilines is 1. The largest absolute Gasteiger partial charge is 0.411 e. The van der Waals surface area contributed by atoms with Crippen LogP contribution in [0, 0.1) is 13.8 Å². The Bertz CT molecular complexity index is 1490. The monoisotopic (exact) mass is 438 g/mol. The third kappa shape index (κ3) is 3.87. The summed E-state index contributed by atoms with van der Waals surface area (Å²) in [5.41, 5.74) is 12.7. The summed E-state index contributed by atoms with van der Waals surface area (Å²) < 4.78 is 2.89. The Morgan fingerprint density at radius 3 is 2.39 bits per heavy atom. The zero-order chi connectivity index (χ0) is 22.9. The van der Waals surface area contributed by atoms with Gasteiger partial charge in [0.15, 0.2) is 0 Å². The van der Waals surface area contributed by atoms with Crippen LogP contribution in [0.2, 0.25) is 0 Å². The van der Waals surface area contributed by atoms with E-state index in [-0.39, 0.29) is 11.6 Å². The molecule has 1 aromatic carbocycles. The van der Waals surface area contributed by atoms with Gasteiger partial charge in [-0.25, -0.2) is 9.78 Å². The number of nitrogens with two attached hydrogens (primary N) is 1. The normalized spacial score (nSPS) is 11.2. The number of hydrogen-bond acceptors (Lipinski definition) is 5. The lowest BCUT2D eigenvalue weighted by Gasteiger charge is -2.10. The molecule has 0 aliphatic heterocycles. The minimum atomic E-state index is -0.293. The Hall–Kier alpha value is -4.33. The van der Waals surface area contributed by atoms with Crippen LogP contribution in [0.4, 0.5) is 5.95 Å². The molecule has 0 saturated heterocycles. The van der Waals surface area contributed by atoms with Gasteiger partial charge in [0.1, 0.15) is 5.69 Å². The molecule has 164 valence electrons. The SMILES string of the molecule is Cc1cc(-c2c(-c3ccccc3)[nH+]c(N)n3c(=O)n(CCc4ccccn4)nc23)cc(C)n1. The van der Waals surface area contributed by atoms with Crippen LogP contribution in [-0.4, -0.2) is 24.1 Å². The van der Waals surface area contributed by atoms with Crippen LogP contribution in [-0.2, 0) is 13.0 Å². The van der Waals surface area contributed by atoms with Crippen LogP contribution >= 0.6 is 0 Å². The van der Waals surface area contributed by atoms with E-state index >= 15 is 0 Å². The van der Waals surface area contributed by atoms with Crippen molar-refractivity contribution in [2.24, 2.45) is 0 Å². The molecule has 0 aliphatic rings. The van der Waals surface area contributed by atoms with Crippen LogP contribution in [0.25, 0.3) is 28.0 Å². The first-order valence-electron chi connectivity index (χ1n) is 10.8. The van der Waals surface area contributed by atoms with Crippen molar-refractivity contribution in [2.75, 3.05) is 5.73 Å². The maximum Gasteiger partial charge on any atom is 0.411 e. The molecular formula is C25H24N7O+. The van der Waals surface area contributed by atoms with Gasteiger partial charge in [-0.2, -0.15) is 4.68 Å². The van der Waals surface area contributed by atoms with E-state index in [0.29, 0.717) is 18.6 Å². The number of benzene rings is 1. The lowest BCUT2D eigenvalue weighted by molar-refractivity contribution is -0.351. The third-order valence-corrected chi connectivity index (χ3v) is 5.55. The Labute approximate surface area is 190 Å². The minimum absolute atomic E-state index is 0.226. The van der Waals surface area contributed by atoms with E-state index in [2.05, 4.69) is 15.0 Å². The quantitative estimate of drug-likeness (QED) is 0.454. The van der Waals surface area contributed by atoms with E-state index < -0.39 is 0 Å². The Kier molecular flexibility index (Phi) is 5.18. The molecule has 4 heterocycles. The van der Waals surface area contributed by atoms with Crippen molar-refractivity contribution in [2.45, 2.75) is 26.8 Å². The zero-order valence-electron chi connectivity index (χ0n) is 18.5. The van der Waals surface area contributed by atoms with Gasteiger partial charge in [-0.05, 0) is 43.7 Å². The van der Waals surface area contributed by atoms with E-state index in [1.807, 2.05) is 74.5 Å². The van der Waals surface area contributed by atoms with Crippen molar-refractivity contribution in [3.8, 4) is 22.4 Å². The number of rotatable bonds is 5. The van der Waals surface area contributed by atoms with Gasteiger partial charge >= 0.3 is 11.6 Å². The average Bonchev–Trinajstić information content (AvgIpc) is 3.14. The third-order valence-electron chi connectivity index (χ3n) is 5.55. The molecule has 0 aliphatic carbocycles. The van der Waals surface area contributed by atoms with Gasteiger partial charge < -0.3 is 0 Å². The van der Waals surface area contributed by atoms with Crippen molar-refractivity contribution in [3.63, 3.8) is 0 Å². The van der Waals surface area contributed by atoms with Crippen LogP contribution in [0.3, 0.4) is 0 Å². The second kappa shape index (κ2) is 8.31. The van der Waals surface area contributed by atoms with Crippen LogP contribution in [0.15, 0.2) is 71.7 Å². The summed E-state index contributed by atoms with van der Waals surface area (Å²) in [6, 6.07) is 19.6. The van der Waals surface area contributed by atoms with Crippen LogP contribution in [0.5, 0.6) is 0 Å². The molecule has 4 aromatic heterocycles. The minimum Gasteiger partial charge on any atom is -0.290 e. The molecule has 0 atom stereocenters. The van der Waals surface area contributed by atoms with Crippen molar-refractivity contribution >= 4 is 11.6 Å². The van der Waals surface area contributed by atoms with Crippen molar-refractivity contribution in [1.82, 2.24) is 24.1 Å². The zero-order valence-corrected chi connectivity index (χ0v) is 18.5. The summed E-state index contributed by atoms with van der Waals surface area (Å²) in [6.45, 7) is 4.30. The number of H-pyrrole nitrogens is 1. The number of nitrogen functional groups attached to an aromatic ring is 1. The summed E-state index contributed by atoms with van der Waals surface area (Å²) in [5, 5.41) is 4.73. The number of nitrogens with zero attached hydrogens (tertiary/aromatic N) is 5. The van der Waals surface area contributed by atoms with Gasteiger partial charge in [0, 0.05) is 35.3 Å². The Morgan fingerprint density at radius 1 is 0.970 bits per heavy atom.